The van der Waals surface area contributed by atoms with Crippen LogP contribution in [0.1, 0.15) is 10.4 Å². The second-order valence-electron chi connectivity index (χ2n) is 3.66. The van der Waals surface area contributed by atoms with Crippen LogP contribution in [0.3, 0.4) is 0 Å². The monoisotopic (exact) mass is 293 g/mol. The van der Waals surface area contributed by atoms with Gasteiger partial charge >= 0.3 is 5.97 Å². The average molecular weight is 294 g/mol. The summed E-state index contributed by atoms with van der Waals surface area (Å²) < 4.78 is 4.63. The van der Waals surface area contributed by atoms with Gasteiger partial charge in [-0.2, -0.15) is 0 Å². The molecule has 8 heteroatoms. The Morgan fingerprint density at radius 2 is 2.15 bits per heavy atom. The largest absolute Gasteiger partial charge is 0.465 e. The molecule has 0 aliphatic carbocycles. The molecule has 2 rings (SSSR count). The van der Waals surface area contributed by atoms with E-state index in [4.69, 9.17) is 11.6 Å². The Hall–Kier alpha value is -2.54. The fourth-order valence-corrected chi connectivity index (χ4v) is 1.86. The Morgan fingerprint density at radius 1 is 1.40 bits per heavy atom. The standard InChI is InChI=1S/C12H8ClN3O4/c1-20-11(17)7-3-2-4-9(16(18)19)10(7)8-5-6-14-12(13)15-8/h2-6H,1H3. The summed E-state index contributed by atoms with van der Waals surface area (Å²) in [5.41, 5.74) is 0.00508. The van der Waals surface area contributed by atoms with Gasteiger partial charge < -0.3 is 4.74 Å². The number of nitro benzene ring substituents is 1. The molecule has 0 atom stereocenters. The van der Waals surface area contributed by atoms with Crippen LogP contribution in [-0.2, 0) is 4.74 Å². The molecule has 0 spiro atoms. The highest BCUT2D eigenvalue weighted by Crippen LogP contribution is 2.32. The number of hydrogen-bond donors (Lipinski definition) is 0. The van der Waals surface area contributed by atoms with Crippen molar-refractivity contribution in [1.82, 2.24) is 9.97 Å². The first-order chi connectivity index (χ1) is 9.54. The molecular weight excluding hydrogens is 286 g/mol. The number of nitro groups is 1. The van der Waals surface area contributed by atoms with Crippen LogP contribution in [0.15, 0.2) is 30.5 Å². The Bertz CT molecular complexity index is 690. The molecular formula is C12H8ClN3O4. The first-order valence-corrected chi connectivity index (χ1v) is 5.77. The van der Waals surface area contributed by atoms with Gasteiger partial charge in [0.2, 0.25) is 5.28 Å². The minimum atomic E-state index is -0.696. The lowest BCUT2D eigenvalue weighted by Crippen LogP contribution is -2.06. The molecule has 2 aromatic rings. The quantitative estimate of drug-likeness (QED) is 0.373. The highest BCUT2D eigenvalue weighted by Gasteiger charge is 2.24. The highest BCUT2D eigenvalue weighted by atomic mass is 35.5. The lowest BCUT2D eigenvalue weighted by atomic mass is 10.0. The number of esters is 1. The normalized spacial score (nSPS) is 10.1. The van der Waals surface area contributed by atoms with Gasteiger partial charge in [-0.3, -0.25) is 10.1 Å². The third kappa shape index (κ3) is 2.57. The van der Waals surface area contributed by atoms with Crippen molar-refractivity contribution in [2.24, 2.45) is 0 Å². The van der Waals surface area contributed by atoms with Gasteiger partial charge in [0.15, 0.2) is 0 Å². The van der Waals surface area contributed by atoms with E-state index >= 15 is 0 Å². The zero-order valence-electron chi connectivity index (χ0n) is 10.2. The molecule has 102 valence electrons. The van der Waals surface area contributed by atoms with E-state index in [1.807, 2.05) is 0 Å². The molecule has 0 unspecified atom stereocenters. The number of benzene rings is 1. The molecule has 0 aliphatic heterocycles. The predicted octanol–water partition coefficient (Wildman–Crippen LogP) is 2.49. The van der Waals surface area contributed by atoms with Gasteiger partial charge in [0.25, 0.3) is 5.69 Å². The lowest BCUT2D eigenvalue weighted by molar-refractivity contribution is -0.384. The number of hydrogen-bond acceptors (Lipinski definition) is 6. The number of carbonyl (C=O) groups is 1. The third-order valence-corrected chi connectivity index (χ3v) is 2.71. The van der Waals surface area contributed by atoms with Crippen LogP contribution >= 0.6 is 11.6 Å². The van der Waals surface area contributed by atoms with E-state index in [0.29, 0.717) is 0 Å². The van der Waals surface area contributed by atoms with Crippen molar-refractivity contribution in [3.05, 3.63) is 51.4 Å². The molecule has 0 amide bonds. The van der Waals surface area contributed by atoms with Crippen LogP contribution in [0.25, 0.3) is 11.3 Å². The van der Waals surface area contributed by atoms with Crippen molar-refractivity contribution >= 4 is 23.3 Å². The maximum atomic E-state index is 11.7. The van der Waals surface area contributed by atoms with Gasteiger partial charge in [-0.05, 0) is 23.7 Å². The summed E-state index contributed by atoms with van der Waals surface area (Å²) in [7, 11) is 1.19. The van der Waals surface area contributed by atoms with Crippen molar-refractivity contribution < 1.29 is 14.5 Å². The number of carbonyl (C=O) groups excluding carboxylic acids is 1. The number of halogens is 1. The van der Waals surface area contributed by atoms with Crippen LogP contribution in [0.4, 0.5) is 5.69 Å². The first-order valence-electron chi connectivity index (χ1n) is 5.39. The average Bonchev–Trinajstić information content (AvgIpc) is 2.45. The van der Waals surface area contributed by atoms with Crippen LogP contribution in [0.5, 0.6) is 0 Å². The smallest absolute Gasteiger partial charge is 0.338 e. The second kappa shape index (κ2) is 5.62. The van der Waals surface area contributed by atoms with E-state index in [0.717, 1.165) is 0 Å². The Kier molecular flexibility index (Phi) is 3.90. The lowest BCUT2D eigenvalue weighted by Gasteiger charge is -2.08. The summed E-state index contributed by atoms with van der Waals surface area (Å²) in [5.74, 6) is -0.696. The highest BCUT2D eigenvalue weighted by molar-refractivity contribution is 6.28. The van der Waals surface area contributed by atoms with Crippen molar-refractivity contribution in [2.45, 2.75) is 0 Å². The van der Waals surface area contributed by atoms with Gasteiger partial charge in [0.05, 0.1) is 28.9 Å². The molecule has 0 saturated carbocycles. The number of methoxy groups -OCH3 is 1. The van der Waals surface area contributed by atoms with Crippen LogP contribution < -0.4 is 0 Å². The summed E-state index contributed by atoms with van der Waals surface area (Å²) in [5, 5.41) is 11.0. The van der Waals surface area contributed by atoms with Crippen LogP contribution in [0, 0.1) is 10.1 Å². The third-order valence-electron chi connectivity index (χ3n) is 2.53. The summed E-state index contributed by atoms with van der Waals surface area (Å²) in [6, 6.07) is 5.53. The van der Waals surface area contributed by atoms with Crippen molar-refractivity contribution in [3.8, 4) is 11.3 Å². The van der Waals surface area contributed by atoms with E-state index in [9.17, 15) is 14.9 Å². The number of ether oxygens (including phenoxy) is 1. The minimum absolute atomic E-state index is 0.0384. The molecule has 20 heavy (non-hydrogen) atoms. The number of aromatic nitrogens is 2. The molecule has 0 fully saturated rings. The zero-order chi connectivity index (χ0) is 14.7. The maximum Gasteiger partial charge on any atom is 0.338 e. The zero-order valence-corrected chi connectivity index (χ0v) is 11.0. The second-order valence-corrected chi connectivity index (χ2v) is 4.00. The molecule has 0 radical (unpaired) electrons. The first kappa shape index (κ1) is 13.9. The summed E-state index contributed by atoms with van der Waals surface area (Å²) in [4.78, 5) is 29.9. The van der Waals surface area contributed by atoms with Crippen LogP contribution in [-0.4, -0.2) is 28.0 Å². The molecule has 0 bridgehead atoms. The molecule has 1 aromatic carbocycles. The maximum absolute atomic E-state index is 11.7. The predicted molar refractivity (Wildman–Crippen MR) is 70.5 cm³/mol. The fourth-order valence-electron chi connectivity index (χ4n) is 1.72. The van der Waals surface area contributed by atoms with Gasteiger partial charge in [0.1, 0.15) is 0 Å². The van der Waals surface area contributed by atoms with Crippen molar-refractivity contribution in [2.75, 3.05) is 7.11 Å². The molecule has 1 heterocycles. The van der Waals surface area contributed by atoms with E-state index < -0.39 is 10.9 Å². The van der Waals surface area contributed by atoms with Crippen molar-refractivity contribution in [1.29, 1.82) is 0 Å². The summed E-state index contributed by atoms with van der Waals surface area (Å²) >= 11 is 5.68. The van der Waals surface area contributed by atoms with E-state index in [2.05, 4.69) is 14.7 Å². The topological polar surface area (TPSA) is 95.2 Å². The fraction of sp³-hybridized carbons (Fsp3) is 0.0833. The van der Waals surface area contributed by atoms with E-state index in [1.54, 1.807) is 0 Å². The molecule has 7 nitrogen and oxygen atoms in total. The van der Waals surface area contributed by atoms with Gasteiger partial charge in [-0.1, -0.05) is 6.07 Å². The van der Waals surface area contributed by atoms with Gasteiger partial charge in [-0.15, -0.1) is 0 Å². The van der Waals surface area contributed by atoms with Gasteiger partial charge in [0, 0.05) is 12.3 Å². The summed E-state index contributed by atoms with van der Waals surface area (Å²) in [6.45, 7) is 0. The number of nitrogens with zero attached hydrogens (tertiary/aromatic N) is 3. The SMILES string of the molecule is COC(=O)c1cccc([N+](=O)[O-])c1-c1ccnc(Cl)n1. The molecule has 0 saturated heterocycles. The molecule has 1 aromatic heterocycles. The Labute approximate surface area is 118 Å². The van der Waals surface area contributed by atoms with Crippen molar-refractivity contribution in [3.63, 3.8) is 0 Å². The molecule has 0 aliphatic rings. The number of rotatable bonds is 3. The van der Waals surface area contributed by atoms with Gasteiger partial charge in [-0.25, -0.2) is 14.8 Å². The van der Waals surface area contributed by atoms with E-state index in [-0.39, 0.29) is 27.8 Å². The Balaban J connectivity index is 2.76. The minimum Gasteiger partial charge on any atom is -0.465 e. The Morgan fingerprint density at radius 3 is 2.75 bits per heavy atom. The van der Waals surface area contributed by atoms with E-state index in [1.165, 1.54) is 37.6 Å². The summed E-state index contributed by atoms with van der Waals surface area (Å²) in [6.07, 6.45) is 1.35. The molecule has 0 N–H and O–H groups in total. The van der Waals surface area contributed by atoms with Crippen LogP contribution in [0.2, 0.25) is 5.28 Å².